The molecule has 9 heteroatoms. The third kappa shape index (κ3) is 3.92. The van der Waals surface area contributed by atoms with Crippen molar-refractivity contribution in [1.82, 2.24) is 5.32 Å². The Morgan fingerprint density at radius 3 is 2.65 bits per heavy atom. The minimum absolute atomic E-state index is 0.116. The highest BCUT2D eigenvalue weighted by Gasteiger charge is 2.51. The second-order valence-corrected chi connectivity index (χ2v) is 6.45. The highest BCUT2D eigenvalue weighted by atomic mass is 79.9. The predicted octanol–water partition coefficient (Wildman–Crippen LogP) is 2.80. The lowest BCUT2D eigenvalue weighted by Crippen LogP contribution is -2.33. The van der Waals surface area contributed by atoms with E-state index >= 15 is 0 Å². The summed E-state index contributed by atoms with van der Waals surface area (Å²) in [7, 11) is 0. The third-order valence-corrected chi connectivity index (χ3v) is 4.21. The van der Waals surface area contributed by atoms with Crippen molar-refractivity contribution in [1.29, 1.82) is 0 Å². The molecule has 1 N–H and O–H groups in total. The molecule has 1 aliphatic rings. The molecule has 1 atom stereocenters. The molecule has 0 radical (unpaired) electrons. The predicted molar refractivity (Wildman–Crippen MR) is 89.8 cm³/mol. The quantitative estimate of drug-likeness (QED) is 0.553. The summed E-state index contributed by atoms with van der Waals surface area (Å²) < 4.78 is 38.1. The fraction of sp³-hybridized carbons (Fsp3) is 0.353. The van der Waals surface area contributed by atoms with Crippen LogP contribution in [0.3, 0.4) is 0 Å². The fourth-order valence-electron chi connectivity index (χ4n) is 2.40. The largest absolute Gasteiger partial charge is 0.456 e. The van der Waals surface area contributed by atoms with Crippen LogP contribution >= 0.6 is 15.9 Å². The normalized spacial score (nSPS) is 19.3. The van der Waals surface area contributed by atoms with Crippen LogP contribution in [0.25, 0.3) is 0 Å². The van der Waals surface area contributed by atoms with Gasteiger partial charge in [0.15, 0.2) is 11.6 Å². The van der Waals surface area contributed by atoms with Gasteiger partial charge < -0.3 is 9.47 Å². The molecule has 1 unspecified atom stereocenters. The molecular weight excluding hydrogens is 416 g/mol. The smallest absolute Gasteiger partial charge is 0.308 e. The van der Waals surface area contributed by atoms with Gasteiger partial charge in [0.2, 0.25) is 23.2 Å². The van der Waals surface area contributed by atoms with E-state index in [4.69, 9.17) is 9.47 Å². The first-order valence-corrected chi connectivity index (χ1v) is 8.79. The monoisotopic (exact) mass is 431 g/mol. The summed E-state index contributed by atoms with van der Waals surface area (Å²) in [6, 6.07) is 3.29. The minimum atomic E-state index is -1.99. The summed E-state index contributed by atoms with van der Waals surface area (Å²) in [5.74, 6) is -5.62. The molecule has 0 bridgehead atoms. The number of ether oxygens (including phenoxy) is 2. The Morgan fingerprint density at radius 1 is 1.35 bits per heavy atom. The molecule has 0 spiro atoms. The second-order valence-electron chi connectivity index (χ2n) is 5.66. The van der Waals surface area contributed by atoms with E-state index in [1.807, 2.05) is 0 Å². The molecule has 1 aromatic rings. The van der Waals surface area contributed by atoms with Crippen molar-refractivity contribution in [3.8, 4) is 0 Å². The summed E-state index contributed by atoms with van der Waals surface area (Å²) in [4.78, 5) is 36.0. The first-order valence-electron chi connectivity index (χ1n) is 7.67. The van der Waals surface area contributed by atoms with Crippen LogP contribution in [0.2, 0.25) is 0 Å². The number of ketones is 1. The number of hydrogen-bond acceptors (Lipinski definition) is 5. The summed E-state index contributed by atoms with van der Waals surface area (Å²) in [6.45, 7) is 2.26. The van der Waals surface area contributed by atoms with Crippen molar-refractivity contribution >= 4 is 33.6 Å². The van der Waals surface area contributed by atoms with Crippen LogP contribution in [0.1, 0.15) is 32.3 Å². The average molecular weight is 432 g/mol. The van der Waals surface area contributed by atoms with Crippen molar-refractivity contribution in [3.63, 3.8) is 0 Å². The van der Waals surface area contributed by atoms with Crippen LogP contribution in [0.5, 0.6) is 0 Å². The molecule has 0 fully saturated rings. The average Bonchev–Trinajstić information content (AvgIpc) is 2.80. The van der Waals surface area contributed by atoms with Crippen molar-refractivity contribution in [2.75, 3.05) is 5.33 Å². The molecule has 1 aliphatic heterocycles. The van der Waals surface area contributed by atoms with Gasteiger partial charge in [0, 0.05) is 24.2 Å². The number of alkyl halides is 1. The van der Waals surface area contributed by atoms with Gasteiger partial charge in [-0.3, -0.25) is 19.7 Å². The van der Waals surface area contributed by atoms with Gasteiger partial charge in [-0.25, -0.2) is 8.78 Å². The van der Waals surface area contributed by atoms with Gasteiger partial charge >= 0.3 is 5.97 Å². The lowest BCUT2D eigenvalue weighted by Gasteiger charge is -2.24. The van der Waals surface area contributed by atoms with E-state index in [-0.39, 0.29) is 12.0 Å². The highest BCUT2D eigenvalue weighted by molar-refractivity contribution is 9.09. The van der Waals surface area contributed by atoms with Gasteiger partial charge in [0.05, 0.1) is 0 Å². The van der Waals surface area contributed by atoms with E-state index in [1.165, 1.54) is 19.1 Å². The Labute approximate surface area is 156 Å². The molecule has 0 saturated heterocycles. The standard InChI is InChI=1S/C17H16BrF2NO5/c1-9(22)25-14-15(24)17(2,10-5-3-6-11(19)13(10)20)26-16(14)21-12(23)7-4-8-18/h3,5-6H,4,7-8H2,1-2H3,(H,21,23). The number of nitrogens with one attached hydrogen (secondary N) is 1. The van der Waals surface area contributed by atoms with Crippen LogP contribution < -0.4 is 5.32 Å². The van der Waals surface area contributed by atoms with Crippen LogP contribution in [0.15, 0.2) is 29.8 Å². The first kappa shape index (κ1) is 20.0. The van der Waals surface area contributed by atoms with Gasteiger partial charge in [-0.15, -0.1) is 0 Å². The van der Waals surface area contributed by atoms with Gasteiger partial charge in [-0.2, -0.15) is 0 Å². The third-order valence-electron chi connectivity index (χ3n) is 3.65. The molecule has 0 aromatic heterocycles. The molecule has 2 rings (SSSR count). The van der Waals surface area contributed by atoms with Crippen molar-refractivity contribution in [2.45, 2.75) is 32.3 Å². The van der Waals surface area contributed by atoms with Crippen LogP contribution in [0, 0.1) is 11.6 Å². The molecular formula is C17H16BrF2NO5. The molecule has 1 heterocycles. The molecule has 0 aliphatic carbocycles. The Kier molecular flexibility index (Phi) is 6.12. The maximum Gasteiger partial charge on any atom is 0.308 e. The maximum atomic E-state index is 14.2. The molecule has 0 saturated carbocycles. The van der Waals surface area contributed by atoms with E-state index in [2.05, 4.69) is 21.2 Å². The van der Waals surface area contributed by atoms with E-state index in [0.29, 0.717) is 11.8 Å². The number of benzene rings is 1. The fourth-order valence-corrected chi connectivity index (χ4v) is 2.68. The zero-order valence-electron chi connectivity index (χ0n) is 14.0. The number of hydrogen-bond donors (Lipinski definition) is 1. The summed E-state index contributed by atoms with van der Waals surface area (Å²) in [5.41, 5.74) is -2.37. The Morgan fingerprint density at radius 2 is 2.04 bits per heavy atom. The number of Topliss-reactive ketones (excluding diaryl/α,β-unsaturated/α-hetero) is 1. The van der Waals surface area contributed by atoms with Gasteiger partial charge in [-0.05, 0) is 19.4 Å². The topological polar surface area (TPSA) is 81.7 Å². The van der Waals surface area contributed by atoms with Crippen LogP contribution in [0.4, 0.5) is 8.78 Å². The SMILES string of the molecule is CC(=O)OC1=C(NC(=O)CCCBr)OC(C)(c2cccc(F)c2F)C1=O. The number of carbonyl (C=O) groups is 3. The number of rotatable bonds is 6. The molecule has 140 valence electrons. The number of amides is 1. The zero-order chi connectivity index (χ0) is 19.5. The van der Waals surface area contributed by atoms with E-state index in [0.717, 1.165) is 13.0 Å². The van der Waals surface area contributed by atoms with E-state index < -0.39 is 46.5 Å². The van der Waals surface area contributed by atoms with Crippen LogP contribution in [-0.2, 0) is 29.5 Å². The van der Waals surface area contributed by atoms with Gasteiger partial charge in [0.1, 0.15) is 0 Å². The lowest BCUT2D eigenvalue weighted by molar-refractivity contribution is -0.142. The number of esters is 1. The molecule has 26 heavy (non-hydrogen) atoms. The van der Waals surface area contributed by atoms with E-state index in [9.17, 15) is 23.2 Å². The number of halogens is 3. The van der Waals surface area contributed by atoms with Gasteiger partial charge in [0.25, 0.3) is 5.78 Å². The molecule has 1 aromatic carbocycles. The first-order chi connectivity index (χ1) is 12.2. The highest BCUT2D eigenvalue weighted by Crippen LogP contribution is 2.39. The van der Waals surface area contributed by atoms with Crippen molar-refractivity contribution < 1.29 is 32.6 Å². The molecule has 6 nitrogen and oxygen atoms in total. The Bertz CT molecular complexity index is 795. The van der Waals surface area contributed by atoms with Crippen molar-refractivity contribution in [2.24, 2.45) is 0 Å². The van der Waals surface area contributed by atoms with Crippen molar-refractivity contribution in [3.05, 3.63) is 47.0 Å². The second kappa shape index (κ2) is 7.94. The Balaban J connectivity index is 2.40. The van der Waals surface area contributed by atoms with Crippen LogP contribution in [-0.4, -0.2) is 23.0 Å². The summed E-state index contributed by atoms with van der Waals surface area (Å²) in [5, 5.41) is 2.93. The lowest BCUT2D eigenvalue weighted by atomic mass is 9.91. The molecule has 1 amide bonds. The summed E-state index contributed by atoms with van der Waals surface area (Å²) in [6.07, 6.45) is 0.635. The summed E-state index contributed by atoms with van der Waals surface area (Å²) >= 11 is 3.18. The Hall–Kier alpha value is -2.29. The minimum Gasteiger partial charge on any atom is -0.456 e. The zero-order valence-corrected chi connectivity index (χ0v) is 15.6. The number of carbonyl (C=O) groups excluding carboxylic acids is 3. The maximum absolute atomic E-state index is 14.2. The van der Waals surface area contributed by atoms with E-state index in [1.54, 1.807) is 0 Å². The van der Waals surface area contributed by atoms with Gasteiger partial charge in [-0.1, -0.05) is 28.1 Å².